The first-order valence-corrected chi connectivity index (χ1v) is 5.40. The van der Waals surface area contributed by atoms with Gasteiger partial charge in [0.25, 0.3) is 0 Å². The third kappa shape index (κ3) is 2.33. The van der Waals surface area contributed by atoms with Crippen LogP contribution in [0.5, 0.6) is 0 Å². The lowest BCUT2D eigenvalue weighted by Crippen LogP contribution is -1.98. The second kappa shape index (κ2) is 3.95. The number of rotatable bonds is 2. The summed E-state index contributed by atoms with van der Waals surface area (Å²) < 4.78 is 0. The minimum absolute atomic E-state index is 0.975. The van der Waals surface area contributed by atoms with Crippen LogP contribution in [0.25, 0.3) is 0 Å². The van der Waals surface area contributed by atoms with Crippen molar-refractivity contribution in [1.82, 2.24) is 0 Å². The van der Waals surface area contributed by atoms with Crippen molar-refractivity contribution in [2.45, 2.75) is 39.0 Å². The molecule has 1 aromatic carbocycles. The first-order chi connectivity index (χ1) is 6.34. The van der Waals surface area contributed by atoms with E-state index in [4.69, 9.17) is 0 Å². The molecular weight excluding hydrogens is 156 g/mol. The summed E-state index contributed by atoms with van der Waals surface area (Å²) in [4.78, 5) is 0. The smallest absolute Gasteiger partial charge is 0.0250 e. The Morgan fingerprint density at radius 2 is 1.69 bits per heavy atom. The molecule has 0 atom stereocenters. The van der Waals surface area contributed by atoms with E-state index < -0.39 is 0 Å². The average Bonchev–Trinajstić information content (AvgIpc) is 2.62. The molecule has 0 nitrogen and oxygen atoms in total. The molecule has 1 aliphatic carbocycles. The predicted octanol–water partition coefficient (Wildman–Crippen LogP) is 3.73. The van der Waals surface area contributed by atoms with E-state index in [1.807, 2.05) is 0 Å². The van der Waals surface area contributed by atoms with Crippen LogP contribution in [0.15, 0.2) is 24.3 Å². The van der Waals surface area contributed by atoms with Gasteiger partial charge in [0.15, 0.2) is 0 Å². The van der Waals surface area contributed by atoms with Crippen molar-refractivity contribution in [1.29, 1.82) is 0 Å². The summed E-state index contributed by atoms with van der Waals surface area (Å²) in [7, 11) is 0. The van der Waals surface area contributed by atoms with Gasteiger partial charge in [-0.25, -0.2) is 0 Å². The molecule has 0 heterocycles. The van der Waals surface area contributed by atoms with Gasteiger partial charge in [-0.15, -0.1) is 0 Å². The van der Waals surface area contributed by atoms with E-state index in [9.17, 15) is 0 Å². The van der Waals surface area contributed by atoms with Crippen molar-refractivity contribution in [3.63, 3.8) is 0 Å². The quantitative estimate of drug-likeness (QED) is 0.641. The second-order valence-corrected chi connectivity index (χ2v) is 4.34. The van der Waals surface area contributed by atoms with Crippen LogP contribution in [0.1, 0.15) is 36.8 Å². The first kappa shape index (κ1) is 8.80. The number of benzene rings is 1. The van der Waals surface area contributed by atoms with Crippen LogP contribution in [-0.2, 0) is 6.42 Å². The van der Waals surface area contributed by atoms with Crippen molar-refractivity contribution >= 4 is 0 Å². The van der Waals surface area contributed by atoms with E-state index in [-0.39, 0.29) is 0 Å². The Hall–Kier alpha value is -0.780. The Morgan fingerprint density at radius 1 is 1.08 bits per heavy atom. The van der Waals surface area contributed by atoms with Gasteiger partial charge >= 0.3 is 0 Å². The van der Waals surface area contributed by atoms with E-state index >= 15 is 0 Å². The van der Waals surface area contributed by atoms with Crippen LogP contribution in [-0.4, -0.2) is 0 Å². The Bertz CT molecular complexity index is 252. The fourth-order valence-corrected chi connectivity index (χ4v) is 2.27. The molecule has 1 aromatic rings. The van der Waals surface area contributed by atoms with Crippen molar-refractivity contribution < 1.29 is 0 Å². The maximum atomic E-state index is 2.29. The van der Waals surface area contributed by atoms with E-state index in [1.165, 1.54) is 43.2 Å². The summed E-state index contributed by atoms with van der Waals surface area (Å²) in [5, 5.41) is 0. The van der Waals surface area contributed by atoms with Gasteiger partial charge in [0.2, 0.25) is 0 Å². The highest BCUT2D eigenvalue weighted by Crippen LogP contribution is 2.27. The molecule has 13 heavy (non-hydrogen) atoms. The van der Waals surface area contributed by atoms with Gasteiger partial charge in [0.05, 0.1) is 0 Å². The molecule has 0 N–H and O–H groups in total. The fourth-order valence-electron chi connectivity index (χ4n) is 2.27. The molecule has 0 bridgehead atoms. The normalized spacial score (nSPS) is 17.9. The van der Waals surface area contributed by atoms with Crippen LogP contribution < -0.4 is 0 Å². The second-order valence-electron chi connectivity index (χ2n) is 4.34. The minimum Gasteiger partial charge on any atom is -0.0591 e. The van der Waals surface area contributed by atoms with Crippen LogP contribution in [0.2, 0.25) is 0 Å². The minimum atomic E-state index is 0.975. The van der Waals surface area contributed by atoms with Gasteiger partial charge in [-0.05, 0) is 24.8 Å². The van der Waals surface area contributed by atoms with E-state index in [0.29, 0.717) is 0 Å². The topological polar surface area (TPSA) is 0 Å². The molecule has 0 unspecified atom stereocenters. The molecule has 0 aliphatic heterocycles. The summed E-state index contributed by atoms with van der Waals surface area (Å²) in [6, 6.07) is 9.02. The summed E-state index contributed by atoms with van der Waals surface area (Å²) >= 11 is 0. The van der Waals surface area contributed by atoms with Crippen molar-refractivity contribution in [2.24, 2.45) is 5.92 Å². The molecule has 2 rings (SSSR count). The van der Waals surface area contributed by atoms with Crippen molar-refractivity contribution in [3.05, 3.63) is 35.4 Å². The molecule has 1 fully saturated rings. The van der Waals surface area contributed by atoms with Crippen LogP contribution in [0.3, 0.4) is 0 Å². The van der Waals surface area contributed by atoms with Gasteiger partial charge in [-0.1, -0.05) is 55.5 Å². The summed E-state index contributed by atoms with van der Waals surface area (Å²) in [5.41, 5.74) is 2.90. The van der Waals surface area contributed by atoms with Crippen molar-refractivity contribution in [3.8, 4) is 0 Å². The predicted molar refractivity (Wildman–Crippen MR) is 56.8 cm³/mol. The first-order valence-electron chi connectivity index (χ1n) is 5.40. The zero-order valence-corrected chi connectivity index (χ0v) is 8.42. The lowest BCUT2D eigenvalue weighted by Gasteiger charge is -2.08. The summed E-state index contributed by atoms with van der Waals surface area (Å²) in [5.74, 6) is 0.975. The van der Waals surface area contributed by atoms with Crippen LogP contribution in [0, 0.1) is 12.8 Å². The molecule has 1 saturated carbocycles. The third-order valence-corrected chi connectivity index (χ3v) is 3.12. The van der Waals surface area contributed by atoms with Gasteiger partial charge in [-0.2, -0.15) is 0 Å². The highest BCUT2D eigenvalue weighted by Gasteiger charge is 2.14. The van der Waals surface area contributed by atoms with E-state index in [1.54, 1.807) is 0 Å². The average molecular weight is 174 g/mol. The Labute approximate surface area is 81.0 Å². The maximum absolute atomic E-state index is 2.29. The molecule has 0 heteroatoms. The Balaban J connectivity index is 1.97. The molecule has 70 valence electrons. The molecule has 0 amide bonds. The fraction of sp³-hybridized carbons (Fsp3) is 0.538. The zero-order chi connectivity index (χ0) is 9.10. The lowest BCUT2D eigenvalue weighted by molar-refractivity contribution is 0.546. The van der Waals surface area contributed by atoms with Gasteiger partial charge in [0.1, 0.15) is 0 Å². The number of aryl methyl sites for hydroxylation is 1. The van der Waals surface area contributed by atoms with Crippen molar-refractivity contribution in [2.75, 3.05) is 0 Å². The SMILES string of the molecule is Cc1ccc(CC2CCCC2)cc1. The van der Waals surface area contributed by atoms with E-state index in [0.717, 1.165) is 5.92 Å². The Kier molecular flexibility index (Phi) is 2.68. The Morgan fingerprint density at radius 3 is 2.31 bits per heavy atom. The summed E-state index contributed by atoms with van der Waals surface area (Å²) in [6.45, 7) is 2.15. The molecule has 0 radical (unpaired) electrons. The standard InChI is InChI=1S/C13H18/c1-11-6-8-13(9-7-11)10-12-4-2-3-5-12/h6-9,12H,2-5,10H2,1H3. The summed E-state index contributed by atoms with van der Waals surface area (Å²) in [6.07, 6.45) is 7.12. The lowest BCUT2D eigenvalue weighted by atomic mass is 9.97. The molecule has 0 spiro atoms. The number of hydrogen-bond acceptors (Lipinski definition) is 0. The molecule has 0 saturated heterocycles. The third-order valence-electron chi connectivity index (χ3n) is 3.12. The van der Waals surface area contributed by atoms with Crippen LogP contribution in [0.4, 0.5) is 0 Å². The van der Waals surface area contributed by atoms with Gasteiger partial charge in [0, 0.05) is 0 Å². The van der Waals surface area contributed by atoms with E-state index in [2.05, 4.69) is 31.2 Å². The molecule has 1 aliphatic rings. The largest absolute Gasteiger partial charge is 0.0591 e. The zero-order valence-electron chi connectivity index (χ0n) is 8.42. The van der Waals surface area contributed by atoms with Crippen LogP contribution >= 0.6 is 0 Å². The highest BCUT2D eigenvalue weighted by molar-refractivity contribution is 5.21. The van der Waals surface area contributed by atoms with Gasteiger partial charge in [-0.3, -0.25) is 0 Å². The highest BCUT2D eigenvalue weighted by atomic mass is 14.2. The molecule has 0 aromatic heterocycles. The maximum Gasteiger partial charge on any atom is -0.0250 e. The molecular formula is C13H18. The monoisotopic (exact) mass is 174 g/mol. The van der Waals surface area contributed by atoms with Gasteiger partial charge < -0.3 is 0 Å². The number of hydrogen-bond donors (Lipinski definition) is 0.